The highest BCUT2D eigenvalue weighted by Gasteiger charge is 2.17. The Labute approximate surface area is 72.0 Å². The molecule has 11 heavy (non-hydrogen) atoms. The Morgan fingerprint density at radius 1 is 1.18 bits per heavy atom. The quantitative estimate of drug-likeness (QED) is 0.576. The molecule has 0 aliphatic carbocycles. The van der Waals surface area contributed by atoms with E-state index >= 15 is 0 Å². The molecule has 3 heteroatoms. The van der Waals surface area contributed by atoms with Gasteiger partial charge in [-0.05, 0) is 19.1 Å². The van der Waals surface area contributed by atoms with Crippen LogP contribution in [0.4, 0.5) is 0 Å². The molecule has 0 fully saturated rings. The molecule has 0 spiro atoms. The average molecular weight is 170 g/mol. The van der Waals surface area contributed by atoms with Crippen LogP contribution in [-0.2, 0) is 5.41 Å². The normalized spacial score (nSPS) is 12.0. The molecule has 62 valence electrons. The predicted octanol–water partition coefficient (Wildman–Crippen LogP) is 2.68. The Balaban J connectivity index is 3.24. The molecule has 0 bridgehead atoms. The average Bonchev–Trinajstić information content (AvgIpc) is 2.08. The fraction of sp³-hybridized carbons (Fsp3) is 0.625. The fourth-order valence-corrected chi connectivity index (χ4v) is 1.48. The highest BCUT2D eigenvalue weighted by Crippen LogP contribution is 2.22. The van der Waals surface area contributed by atoms with Gasteiger partial charge >= 0.3 is 0 Å². The number of imidazole rings is 1. The van der Waals surface area contributed by atoms with Gasteiger partial charge in [0.2, 0.25) is 0 Å². The largest absolute Gasteiger partial charge is 0.335 e. The van der Waals surface area contributed by atoms with Crippen LogP contribution in [0.3, 0.4) is 0 Å². The van der Waals surface area contributed by atoms with Gasteiger partial charge in [0.05, 0.1) is 0 Å². The van der Waals surface area contributed by atoms with Crippen molar-refractivity contribution in [2.45, 2.75) is 33.1 Å². The van der Waals surface area contributed by atoms with Crippen LogP contribution in [-0.4, -0.2) is 9.97 Å². The molecule has 1 rings (SSSR count). The summed E-state index contributed by atoms with van der Waals surface area (Å²) in [5.41, 5.74) is 2.49. The van der Waals surface area contributed by atoms with Crippen LogP contribution in [0, 0.1) is 11.7 Å². The van der Waals surface area contributed by atoms with Gasteiger partial charge in [0.15, 0.2) is 4.77 Å². The molecular weight excluding hydrogens is 156 g/mol. The van der Waals surface area contributed by atoms with Crippen LogP contribution >= 0.6 is 12.2 Å². The molecule has 2 nitrogen and oxygen atoms in total. The minimum absolute atomic E-state index is 0.150. The summed E-state index contributed by atoms with van der Waals surface area (Å²) in [6.07, 6.45) is 0. The van der Waals surface area contributed by atoms with Gasteiger partial charge in [-0.2, -0.15) is 0 Å². The Morgan fingerprint density at radius 2 is 1.73 bits per heavy atom. The van der Waals surface area contributed by atoms with E-state index in [1.54, 1.807) is 0 Å². The summed E-state index contributed by atoms with van der Waals surface area (Å²) < 4.78 is 0.715. The van der Waals surface area contributed by atoms with Crippen molar-refractivity contribution in [2.75, 3.05) is 0 Å². The smallest absolute Gasteiger partial charge is 0.174 e. The van der Waals surface area contributed by atoms with Gasteiger partial charge in [-0.3, -0.25) is 0 Å². The number of aromatic amines is 2. The molecule has 0 radical (unpaired) electrons. The van der Waals surface area contributed by atoms with E-state index in [4.69, 9.17) is 12.2 Å². The maximum atomic E-state index is 4.98. The monoisotopic (exact) mass is 170 g/mol. The number of nitrogens with one attached hydrogen (secondary N) is 2. The number of aryl methyl sites for hydroxylation is 1. The van der Waals surface area contributed by atoms with Crippen molar-refractivity contribution in [1.29, 1.82) is 0 Å². The molecule has 2 N–H and O–H groups in total. The number of rotatable bonds is 0. The van der Waals surface area contributed by atoms with Crippen molar-refractivity contribution in [3.8, 4) is 0 Å². The summed E-state index contributed by atoms with van der Waals surface area (Å²) in [5, 5.41) is 0. The second-order valence-electron chi connectivity index (χ2n) is 3.83. The minimum Gasteiger partial charge on any atom is -0.335 e. The van der Waals surface area contributed by atoms with E-state index in [2.05, 4.69) is 30.7 Å². The lowest BCUT2D eigenvalue weighted by atomic mass is 9.91. The van der Waals surface area contributed by atoms with Crippen LogP contribution in [0.25, 0.3) is 0 Å². The van der Waals surface area contributed by atoms with E-state index in [1.807, 2.05) is 6.92 Å². The summed E-state index contributed by atoms with van der Waals surface area (Å²) in [6, 6.07) is 0. The van der Waals surface area contributed by atoms with E-state index < -0.39 is 0 Å². The molecular formula is C8H14N2S. The minimum atomic E-state index is 0.150. The maximum absolute atomic E-state index is 4.98. The highest BCUT2D eigenvalue weighted by atomic mass is 32.1. The summed E-state index contributed by atoms with van der Waals surface area (Å²) in [6.45, 7) is 8.52. The van der Waals surface area contributed by atoms with Crippen LogP contribution in [0.2, 0.25) is 0 Å². The van der Waals surface area contributed by atoms with E-state index in [0.717, 1.165) is 5.69 Å². The van der Waals surface area contributed by atoms with Crippen molar-refractivity contribution >= 4 is 12.2 Å². The lowest BCUT2D eigenvalue weighted by Gasteiger charge is -2.16. The molecule has 1 aromatic heterocycles. The number of hydrogen-bond acceptors (Lipinski definition) is 1. The van der Waals surface area contributed by atoms with Crippen molar-refractivity contribution in [2.24, 2.45) is 0 Å². The molecule has 0 aromatic carbocycles. The lowest BCUT2D eigenvalue weighted by molar-refractivity contribution is 0.568. The van der Waals surface area contributed by atoms with E-state index in [1.165, 1.54) is 5.69 Å². The van der Waals surface area contributed by atoms with Crippen molar-refractivity contribution in [3.05, 3.63) is 16.2 Å². The predicted molar refractivity (Wildman–Crippen MR) is 49.4 cm³/mol. The summed E-state index contributed by atoms with van der Waals surface area (Å²) in [7, 11) is 0. The lowest BCUT2D eigenvalue weighted by Crippen LogP contribution is -2.13. The first-order chi connectivity index (χ1) is 4.91. The summed E-state index contributed by atoms with van der Waals surface area (Å²) in [5.74, 6) is 0. The third-order valence-electron chi connectivity index (χ3n) is 1.66. The van der Waals surface area contributed by atoms with Crippen molar-refractivity contribution in [1.82, 2.24) is 9.97 Å². The van der Waals surface area contributed by atoms with E-state index in [0.29, 0.717) is 4.77 Å². The van der Waals surface area contributed by atoms with Gasteiger partial charge in [-0.1, -0.05) is 20.8 Å². The molecule has 0 atom stereocenters. The van der Waals surface area contributed by atoms with Gasteiger partial charge in [0.1, 0.15) is 0 Å². The SMILES string of the molecule is Cc1[nH]c(=S)[nH]c1C(C)(C)C. The van der Waals surface area contributed by atoms with Crippen molar-refractivity contribution < 1.29 is 0 Å². The number of H-pyrrole nitrogens is 2. The van der Waals surface area contributed by atoms with Crippen molar-refractivity contribution in [3.63, 3.8) is 0 Å². The molecule has 0 unspecified atom stereocenters. The van der Waals surface area contributed by atoms with Gasteiger partial charge in [0, 0.05) is 16.8 Å². The number of aromatic nitrogens is 2. The van der Waals surface area contributed by atoms with Crippen LogP contribution in [0.5, 0.6) is 0 Å². The zero-order chi connectivity index (χ0) is 8.65. The first-order valence-electron chi connectivity index (χ1n) is 3.70. The second-order valence-corrected chi connectivity index (χ2v) is 4.24. The third-order valence-corrected chi connectivity index (χ3v) is 1.87. The standard InChI is InChI=1S/C8H14N2S/c1-5-6(8(2,3)4)10-7(11)9-5/h1-4H3,(H2,9,10,11). The molecule has 0 saturated heterocycles. The Kier molecular flexibility index (Phi) is 1.92. The van der Waals surface area contributed by atoms with E-state index in [-0.39, 0.29) is 5.41 Å². The van der Waals surface area contributed by atoms with Gasteiger partial charge < -0.3 is 9.97 Å². The zero-order valence-electron chi connectivity index (χ0n) is 7.41. The summed E-state index contributed by atoms with van der Waals surface area (Å²) >= 11 is 4.98. The van der Waals surface area contributed by atoms with Gasteiger partial charge in [-0.25, -0.2) is 0 Å². The first-order valence-corrected chi connectivity index (χ1v) is 4.11. The maximum Gasteiger partial charge on any atom is 0.174 e. The molecule has 0 amide bonds. The zero-order valence-corrected chi connectivity index (χ0v) is 8.22. The van der Waals surface area contributed by atoms with Crippen LogP contribution in [0.1, 0.15) is 32.2 Å². The highest BCUT2D eigenvalue weighted by molar-refractivity contribution is 7.71. The molecule has 1 heterocycles. The van der Waals surface area contributed by atoms with Gasteiger partial charge in [0.25, 0.3) is 0 Å². The molecule has 0 aliphatic rings. The third kappa shape index (κ3) is 1.71. The number of hydrogen-bond donors (Lipinski definition) is 2. The van der Waals surface area contributed by atoms with Gasteiger partial charge in [-0.15, -0.1) is 0 Å². The molecule has 1 aromatic rings. The Hall–Kier alpha value is -0.570. The first kappa shape index (κ1) is 8.53. The molecule has 0 aliphatic heterocycles. The molecule has 0 saturated carbocycles. The second kappa shape index (κ2) is 2.48. The van der Waals surface area contributed by atoms with Crippen LogP contribution < -0.4 is 0 Å². The summed E-state index contributed by atoms with van der Waals surface area (Å²) in [4.78, 5) is 6.22. The topological polar surface area (TPSA) is 31.6 Å². The Morgan fingerprint density at radius 3 is 1.91 bits per heavy atom. The Bertz CT molecular complexity index is 301. The van der Waals surface area contributed by atoms with E-state index in [9.17, 15) is 0 Å². The fourth-order valence-electron chi connectivity index (χ4n) is 1.22. The van der Waals surface area contributed by atoms with Crippen LogP contribution in [0.15, 0.2) is 0 Å².